The molecule has 1 aliphatic rings. The maximum Gasteiger partial charge on any atom is 0.254 e. The molecule has 1 aromatic carbocycles. The van der Waals surface area contributed by atoms with Gasteiger partial charge in [0.2, 0.25) is 5.91 Å². The van der Waals surface area contributed by atoms with E-state index in [0.29, 0.717) is 42.4 Å². The van der Waals surface area contributed by atoms with Gasteiger partial charge in [-0.05, 0) is 36.8 Å². The van der Waals surface area contributed by atoms with E-state index in [1.807, 2.05) is 23.1 Å². The first-order valence-corrected chi connectivity index (χ1v) is 10.3. The molecule has 1 fully saturated rings. The number of aryl methyl sites for hydroxylation is 2. The van der Waals surface area contributed by atoms with Gasteiger partial charge in [-0.25, -0.2) is 0 Å². The second-order valence-corrected chi connectivity index (χ2v) is 7.59. The Kier molecular flexibility index (Phi) is 7.32. The third-order valence-corrected chi connectivity index (χ3v) is 5.58. The van der Waals surface area contributed by atoms with Crippen molar-refractivity contribution in [2.45, 2.75) is 25.7 Å². The molecule has 0 radical (unpaired) electrons. The number of nitrogens with one attached hydrogen (secondary N) is 1. The molecule has 2 amide bonds. The summed E-state index contributed by atoms with van der Waals surface area (Å²) in [6.45, 7) is 2.07. The highest BCUT2D eigenvalue weighted by atomic mass is 16.5. The Bertz CT molecular complexity index is 872. The van der Waals surface area contributed by atoms with Crippen LogP contribution in [0, 0.1) is 5.92 Å². The second kappa shape index (κ2) is 10.1. The van der Waals surface area contributed by atoms with Crippen molar-refractivity contribution in [1.29, 1.82) is 0 Å². The molecule has 3 rings (SSSR count). The first-order valence-electron chi connectivity index (χ1n) is 10.3. The van der Waals surface area contributed by atoms with Gasteiger partial charge in [0.15, 0.2) is 11.5 Å². The molecule has 2 heterocycles. The Labute approximate surface area is 177 Å². The molecule has 8 nitrogen and oxygen atoms in total. The van der Waals surface area contributed by atoms with E-state index in [-0.39, 0.29) is 11.8 Å². The van der Waals surface area contributed by atoms with Crippen molar-refractivity contribution in [3.8, 4) is 11.5 Å². The maximum absolute atomic E-state index is 12.7. The molecule has 1 aliphatic heterocycles. The van der Waals surface area contributed by atoms with E-state index in [1.165, 1.54) is 0 Å². The van der Waals surface area contributed by atoms with E-state index >= 15 is 0 Å². The highest BCUT2D eigenvalue weighted by Gasteiger charge is 2.23. The third kappa shape index (κ3) is 5.31. The fourth-order valence-corrected chi connectivity index (χ4v) is 3.81. The van der Waals surface area contributed by atoms with Gasteiger partial charge in [0.05, 0.1) is 26.0 Å². The zero-order valence-electron chi connectivity index (χ0n) is 17.9. The number of nitrogens with zero attached hydrogens (tertiary/aromatic N) is 3. The van der Waals surface area contributed by atoms with Crippen LogP contribution in [-0.2, 0) is 18.3 Å². The second-order valence-electron chi connectivity index (χ2n) is 7.59. The van der Waals surface area contributed by atoms with E-state index in [9.17, 15) is 9.59 Å². The zero-order chi connectivity index (χ0) is 21.5. The quantitative estimate of drug-likeness (QED) is 0.714. The van der Waals surface area contributed by atoms with Crippen molar-refractivity contribution < 1.29 is 19.1 Å². The van der Waals surface area contributed by atoms with Gasteiger partial charge in [-0.3, -0.25) is 14.3 Å². The smallest absolute Gasteiger partial charge is 0.254 e. The minimum Gasteiger partial charge on any atom is -0.493 e. The van der Waals surface area contributed by atoms with E-state index < -0.39 is 0 Å². The molecule has 0 atom stereocenters. The molecular formula is C22H30N4O4. The first kappa shape index (κ1) is 21.7. The lowest BCUT2D eigenvalue weighted by atomic mass is 9.96. The van der Waals surface area contributed by atoms with Crippen molar-refractivity contribution in [1.82, 2.24) is 20.0 Å². The summed E-state index contributed by atoms with van der Waals surface area (Å²) in [5.74, 6) is 1.80. The van der Waals surface area contributed by atoms with E-state index in [1.54, 1.807) is 38.3 Å². The van der Waals surface area contributed by atoms with Crippen LogP contribution in [0.1, 0.15) is 35.2 Å². The maximum atomic E-state index is 12.7. The molecule has 1 N–H and O–H groups in total. The number of likely N-dealkylation sites (tertiary alicyclic amines) is 1. The Morgan fingerprint density at radius 1 is 1.20 bits per heavy atom. The van der Waals surface area contributed by atoms with Crippen LogP contribution in [0.4, 0.5) is 0 Å². The van der Waals surface area contributed by atoms with E-state index in [0.717, 1.165) is 31.5 Å². The number of amides is 2. The van der Waals surface area contributed by atoms with Crippen molar-refractivity contribution in [2.24, 2.45) is 13.0 Å². The molecule has 2 aromatic rings. The number of para-hydroxylation sites is 1. The number of rotatable bonds is 8. The number of hydrogen-bond acceptors (Lipinski definition) is 5. The molecule has 0 bridgehead atoms. The van der Waals surface area contributed by atoms with E-state index in [2.05, 4.69) is 10.4 Å². The van der Waals surface area contributed by atoms with Gasteiger partial charge >= 0.3 is 0 Å². The van der Waals surface area contributed by atoms with Gasteiger partial charge < -0.3 is 19.7 Å². The fraction of sp³-hybridized carbons (Fsp3) is 0.500. The number of carbonyl (C=O) groups is 2. The van der Waals surface area contributed by atoms with Crippen LogP contribution < -0.4 is 14.8 Å². The van der Waals surface area contributed by atoms with Crippen molar-refractivity contribution in [2.75, 3.05) is 33.9 Å². The Morgan fingerprint density at radius 3 is 2.60 bits per heavy atom. The number of piperidine rings is 1. The van der Waals surface area contributed by atoms with Crippen LogP contribution >= 0.6 is 0 Å². The molecular weight excluding hydrogens is 384 g/mol. The monoisotopic (exact) mass is 414 g/mol. The van der Waals surface area contributed by atoms with Crippen LogP contribution in [-0.4, -0.2) is 60.3 Å². The van der Waals surface area contributed by atoms with Crippen LogP contribution in [0.2, 0.25) is 0 Å². The lowest BCUT2D eigenvalue weighted by molar-refractivity contribution is -0.132. The number of aromatic nitrogens is 2. The van der Waals surface area contributed by atoms with Crippen molar-refractivity contribution >= 4 is 11.8 Å². The molecule has 1 aromatic heterocycles. The summed E-state index contributed by atoms with van der Waals surface area (Å²) in [7, 11) is 5.00. The highest BCUT2D eigenvalue weighted by Crippen LogP contribution is 2.31. The number of hydrogen-bond donors (Lipinski definition) is 1. The third-order valence-electron chi connectivity index (χ3n) is 5.58. The van der Waals surface area contributed by atoms with Crippen LogP contribution in [0.3, 0.4) is 0 Å². The summed E-state index contributed by atoms with van der Waals surface area (Å²) < 4.78 is 12.4. The number of carbonyl (C=O) groups excluding carboxylic acids is 2. The lowest BCUT2D eigenvalue weighted by Crippen LogP contribution is -2.41. The number of methoxy groups -OCH3 is 2. The van der Waals surface area contributed by atoms with E-state index in [4.69, 9.17) is 9.47 Å². The van der Waals surface area contributed by atoms with Gasteiger partial charge in [-0.1, -0.05) is 12.1 Å². The molecule has 1 saturated heterocycles. The van der Waals surface area contributed by atoms with Crippen LogP contribution in [0.5, 0.6) is 11.5 Å². The summed E-state index contributed by atoms with van der Waals surface area (Å²) in [4.78, 5) is 26.7. The average Bonchev–Trinajstić information content (AvgIpc) is 3.22. The first-order chi connectivity index (χ1) is 14.5. The lowest BCUT2D eigenvalue weighted by Gasteiger charge is -2.32. The van der Waals surface area contributed by atoms with Crippen molar-refractivity contribution in [3.63, 3.8) is 0 Å². The highest BCUT2D eigenvalue weighted by molar-refractivity contribution is 5.93. The van der Waals surface area contributed by atoms with Gasteiger partial charge in [0.25, 0.3) is 5.91 Å². The Morgan fingerprint density at radius 2 is 1.97 bits per heavy atom. The van der Waals surface area contributed by atoms with Gasteiger partial charge in [0, 0.05) is 39.3 Å². The molecule has 30 heavy (non-hydrogen) atoms. The summed E-state index contributed by atoms with van der Waals surface area (Å²) in [5, 5.41) is 6.99. The standard InChI is InChI=1S/C22H30N4O4/c1-25-15-18(14-24-25)22(28)23-13-16-9-11-26(12-10-16)20(27)8-7-17-5-4-6-19(29-2)21(17)30-3/h4-6,14-16H,7-13H2,1-3H3,(H,23,28). The van der Waals surface area contributed by atoms with Crippen LogP contribution in [0.15, 0.2) is 30.6 Å². The largest absolute Gasteiger partial charge is 0.493 e. The molecule has 162 valence electrons. The Balaban J connectivity index is 1.43. The minimum absolute atomic E-state index is 0.103. The summed E-state index contributed by atoms with van der Waals surface area (Å²) in [5.41, 5.74) is 1.54. The molecule has 0 saturated carbocycles. The summed E-state index contributed by atoms with van der Waals surface area (Å²) in [6.07, 6.45) is 6.09. The summed E-state index contributed by atoms with van der Waals surface area (Å²) in [6, 6.07) is 5.72. The minimum atomic E-state index is -0.103. The SMILES string of the molecule is COc1cccc(CCC(=O)N2CCC(CNC(=O)c3cnn(C)c3)CC2)c1OC. The van der Waals surface area contributed by atoms with Gasteiger partial charge in [-0.2, -0.15) is 5.10 Å². The average molecular weight is 415 g/mol. The van der Waals surface area contributed by atoms with Gasteiger partial charge in [-0.15, -0.1) is 0 Å². The fourth-order valence-electron chi connectivity index (χ4n) is 3.81. The topological polar surface area (TPSA) is 85.7 Å². The number of benzene rings is 1. The molecule has 0 aliphatic carbocycles. The zero-order valence-corrected chi connectivity index (χ0v) is 17.9. The predicted octanol–water partition coefficient (Wildman–Crippen LogP) is 2.04. The predicted molar refractivity (Wildman–Crippen MR) is 113 cm³/mol. The van der Waals surface area contributed by atoms with Crippen LogP contribution in [0.25, 0.3) is 0 Å². The Hall–Kier alpha value is -3.03. The normalized spacial score (nSPS) is 14.4. The molecule has 0 spiro atoms. The number of ether oxygens (including phenoxy) is 2. The van der Waals surface area contributed by atoms with Crippen molar-refractivity contribution in [3.05, 3.63) is 41.7 Å². The molecule has 8 heteroatoms. The summed E-state index contributed by atoms with van der Waals surface area (Å²) >= 11 is 0. The molecule has 0 unspecified atom stereocenters. The van der Waals surface area contributed by atoms with Gasteiger partial charge in [0.1, 0.15) is 0 Å².